The SMILES string of the molecule is N#CCN(CC#N)Cc1ccc(C(=O)NN)cc1Br. The topological polar surface area (TPSA) is 106 Å². The molecule has 0 aliphatic heterocycles. The molecule has 0 bridgehead atoms. The van der Waals surface area contributed by atoms with E-state index in [1.54, 1.807) is 23.1 Å². The van der Waals surface area contributed by atoms with Crippen molar-refractivity contribution < 1.29 is 4.79 Å². The molecule has 0 saturated carbocycles. The molecular formula is C12H12BrN5O. The molecular weight excluding hydrogens is 310 g/mol. The van der Waals surface area contributed by atoms with Crippen LogP contribution in [0.1, 0.15) is 15.9 Å². The van der Waals surface area contributed by atoms with Gasteiger partial charge in [0, 0.05) is 16.6 Å². The molecule has 0 aromatic heterocycles. The Bertz CT molecular complexity index is 530. The van der Waals surface area contributed by atoms with Gasteiger partial charge in [-0.1, -0.05) is 22.0 Å². The Morgan fingerprint density at radius 3 is 2.47 bits per heavy atom. The number of carbonyl (C=O) groups is 1. The fourth-order valence-corrected chi connectivity index (χ4v) is 2.01. The Hall–Kier alpha value is -1.93. The van der Waals surface area contributed by atoms with Crippen molar-refractivity contribution in [1.29, 1.82) is 10.5 Å². The van der Waals surface area contributed by atoms with Gasteiger partial charge in [0.1, 0.15) is 0 Å². The third-order valence-electron chi connectivity index (χ3n) is 2.43. The Morgan fingerprint density at radius 1 is 1.37 bits per heavy atom. The van der Waals surface area contributed by atoms with Gasteiger partial charge in [-0.3, -0.25) is 15.1 Å². The molecule has 0 aliphatic rings. The molecule has 1 rings (SSSR count). The summed E-state index contributed by atoms with van der Waals surface area (Å²) in [5, 5.41) is 17.4. The maximum atomic E-state index is 11.4. The zero-order chi connectivity index (χ0) is 14.3. The molecule has 19 heavy (non-hydrogen) atoms. The second kappa shape index (κ2) is 7.49. The normalized spacial score (nSPS) is 9.74. The minimum atomic E-state index is -0.377. The van der Waals surface area contributed by atoms with Gasteiger partial charge in [-0.25, -0.2) is 5.84 Å². The molecule has 0 saturated heterocycles. The van der Waals surface area contributed by atoms with Crippen LogP contribution in [-0.2, 0) is 6.54 Å². The maximum Gasteiger partial charge on any atom is 0.265 e. The largest absolute Gasteiger partial charge is 0.290 e. The van der Waals surface area contributed by atoms with Crippen LogP contribution in [0.15, 0.2) is 22.7 Å². The van der Waals surface area contributed by atoms with Crippen LogP contribution < -0.4 is 11.3 Å². The molecule has 3 N–H and O–H groups in total. The van der Waals surface area contributed by atoms with E-state index in [0.29, 0.717) is 12.1 Å². The summed E-state index contributed by atoms with van der Waals surface area (Å²) in [6.07, 6.45) is 0. The van der Waals surface area contributed by atoms with E-state index < -0.39 is 0 Å². The number of nitrogens with zero attached hydrogens (tertiary/aromatic N) is 3. The number of nitrogens with one attached hydrogen (secondary N) is 1. The van der Waals surface area contributed by atoms with E-state index >= 15 is 0 Å². The highest BCUT2D eigenvalue weighted by Crippen LogP contribution is 2.20. The molecule has 1 aromatic rings. The van der Waals surface area contributed by atoms with Crippen LogP contribution in [0.3, 0.4) is 0 Å². The van der Waals surface area contributed by atoms with Crippen molar-refractivity contribution in [3.05, 3.63) is 33.8 Å². The number of rotatable bonds is 5. The Morgan fingerprint density at radius 2 is 2.00 bits per heavy atom. The average molecular weight is 322 g/mol. The van der Waals surface area contributed by atoms with E-state index in [9.17, 15) is 4.79 Å². The van der Waals surface area contributed by atoms with Crippen molar-refractivity contribution in [2.75, 3.05) is 13.1 Å². The van der Waals surface area contributed by atoms with Gasteiger partial charge in [0.2, 0.25) is 0 Å². The lowest BCUT2D eigenvalue weighted by Crippen LogP contribution is -2.30. The minimum absolute atomic E-state index is 0.172. The van der Waals surface area contributed by atoms with E-state index in [0.717, 1.165) is 10.0 Å². The van der Waals surface area contributed by atoms with Gasteiger partial charge < -0.3 is 0 Å². The predicted molar refractivity (Wildman–Crippen MR) is 72.3 cm³/mol. The number of hydrogen-bond acceptors (Lipinski definition) is 5. The Labute approximate surface area is 119 Å². The third-order valence-corrected chi connectivity index (χ3v) is 3.17. The fraction of sp³-hybridized carbons (Fsp3) is 0.250. The van der Waals surface area contributed by atoms with Crippen molar-refractivity contribution >= 4 is 21.8 Å². The molecule has 6 nitrogen and oxygen atoms in total. The number of carbonyl (C=O) groups excluding carboxylic acids is 1. The van der Waals surface area contributed by atoms with Gasteiger partial charge >= 0.3 is 0 Å². The monoisotopic (exact) mass is 321 g/mol. The quantitative estimate of drug-likeness (QED) is 0.363. The molecule has 0 spiro atoms. The van der Waals surface area contributed by atoms with Crippen molar-refractivity contribution in [3.63, 3.8) is 0 Å². The highest BCUT2D eigenvalue weighted by Gasteiger charge is 2.10. The number of halogens is 1. The maximum absolute atomic E-state index is 11.4. The first-order valence-electron chi connectivity index (χ1n) is 5.38. The summed E-state index contributed by atoms with van der Waals surface area (Å²) in [5.74, 6) is 4.68. The van der Waals surface area contributed by atoms with Crippen LogP contribution in [-0.4, -0.2) is 23.9 Å². The summed E-state index contributed by atoms with van der Waals surface area (Å²) in [5.41, 5.74) is 3.38. The number of nitrogen functional groups attached to an aromatic ring is 1. The Balaban J connectivity index is 2.88. The smallest absolute Gasteiger partial charge is 0.265 e. The fourth-order valence-electron chi connectivity index (χ4n) is 1.51. The van der Waals surface area contributed by atoms with Crippen molar-refractivity contribution in [3.8, 4) is 12.1 Å². The van der Waals surface area contributed by atoms with Crippen molar-refractivity contribution in [2.45, 2.75) is 6.54 Å². The van der Waals surface area contributed by atoms with Gasteiger partial charge in [-0.2, -0.15) is 10.5 Å². The van der Waals surface area contributed by atoms with E-state index in [2.05, 4.69) is 21.4 Å². The lowest BCUT2D eigenvalue weighted by Gasteiger charge is -2.16. The van der Waals surface area contributed by atoms with Crippen molar-refractivity contribution in [1.82, 2.24) is 10.3 Å². The van der Waals surface area contributed by atoms with Crippen LogP contribution >= 0.6 is 15.9 Å². The number of amides is 1. The lowest BCUT2D eigenvalue weighted by atomic mass is 10.1. The first-order valence-corrected chi connectivity index (χ1v) is 6.17. The molecule has 0 atom stereocenters. The summed E-state index contributed by atoms with van der Waals surface area (Å²) < 4.78 is 0.731. The highest BCUT2D eigenvalue weighted by atomic mass is 79.9. The van der Waals surface area contributed by atoms with Crippen LogP contribution in [0.2, 0.25) is 0 Å². The minimum Gasteiger partial charge on any atom is -0.290 e. The first kappa shape index (κ1) is 15.1. The summed E-state index contributed by atoms with van der Waals surface area (Å²) in [4.78, 5) is 13.0. The number of benzene rings is 1. The molecule has 0 radical (unpaired) electrons. The molecule has 98 valence electrons. The molecule has 7 heteroatoms. The predicted octanol–water partition coefficient (Wildman–Crippen LogP) is 0.902. The Kier molecular flexibility index (Phi) is 5.97. The lowest BCUT2D eigenvalue weighted by molar-refractivity contribution is 0.0953. The van der Waals surface area contributed by atoms with Crippen LogP contribution in [0, 0.1) is 22.7 Å². The first-order chi connectivity index (χ1) is 9.12. The summed E-state index contributed by atoms with van der Waals surface area (Å²) in [7, 11) is 0. The van der Waals surface area contributed by atoms with Gasteiger partial charge in [0.05, 0.1) is 25.2 Å². The van der Waals surface area contributed by atoms with E-state index in [-0.39, 0.29) is 19.0 Å². The second-order valence-electron chi connectivity index (χ2n) is 3.74. The third kappa shape index (κ3) is 4.34. The number of nitrogens with two attached hydrogens (primary N) is 1. The second-order valence-corrected chi connectivity index (χ2v) is 4.60. The summed E-state index contributed by atoms with van der Waals surface area (Å²) in [6, 6.07) is 9.07. The van der Waals surface area contributed by atoms with Gasteiger partial charge in [-0.05, 0) is 17.7 Å². The van der Waals surface area contributed by atoms with Gasteiger partial charge in [0.15, 0.2) is 0 Å². The zero-order valence-electron chi connectivity index (χ0n) is 10.1. The van der Waals surface area contributed by atoms with Crippen LogP contribution in [0.25, 0.3) is 0 Å². The molecule has 0 aliphatic carbocycles. The van der Waals surface area contributed by atoms with Crippen molar-refractivity contribution in [2.24, 2.45) is 5.84 Å². The molecule has 0 heterocycles. The van der Waals surface area contributed by atoms with E-state index in [1.165, 1.54) is 0 Å². The standard InChI is InChI=1S/C12H12BrN5O/c13-11-7-9(12(19)17-16)1-2-10(11)8-18(5-3-14)6-4-15/h1-2,7H,5-6,8,16H2,(H,17,19). The summed E-state index contributed by atoms with van der Waals surface area (Å²) >= 11 is 3.36. The van der Waals surface area contributed by atoms with Gasteiger partial charge in [0.25, 0.3) is 5.91 Å². The van der Waals surface area contributed by atoms with Gasteiger partial charge in [-0.15, -0.1) is 0 Å². The molecule has 0 unspecified atom stereocenters. The molecule has 1 aromatic carbocycles. The number of nitriles is 2. The zero-order valence-corrected chi connectivity index (χ0v) is 11.6. The average Bonchev–Trinajstić information content (AvgIpc) is 2.40. The summed E-state index contributed by atoms with van der Waals surface area (Å²) in [6.45, 7) is 0.794. The van der Waals surface area contributed by atoms with Crippen LogP contribution in [0.5, 0.6) is 0 Å². The number of hydrazine groups is 1. The van der Waals surface area contributed by atoms with Crippen LogP contribution in [0.4, 0.5) is 0 Å². The highest BCUT2D eigenvalue weighted by molar-refractivity contribution is 9.10. The number of hydrogen-bond donors (Lipinski definition) is 2. The molecule has 0 fully saturated rings. The van der Waals surface area contributed by atoms with E-state index in [1.807, 2.05) is 12.1 Å². The van der Waals surface area contributed by atoms with E-state index in [4.69, 9.17) is 16.4 Å². The molecule has 1 amide bonds.